The van der Waals surface area contributed by atoms with Crippen LogP contribution >= 0.6 is 0 Å². The first-order valence-corrected chi connectivity index (χ1v) is 13.6. The maximum Gasteiger partial charge on any atom is 0.407 e. The van der Waals surface area contributed by atoms with Crippen LogP contribution in [0.25, 0.3) is 11.3 Å². The number of alkyl carbamates (subject to hydrolysis) is 1. The Morgan fingerprint density at radius 1 is 0.950 bits per heavy atom. The average Bonchev–Trinajstić information content (AvgIpc) is 2.92. The summed E-state index contributed by atoms with van der Waals surface area (Å²) in [5.74, 6) is -0.354. The molecule has 3 aromatic rings. The van der Waals surface area contributed by atoms with Gasteiger partial charge in [-0.1, -0.05) is 81.4 Å². The molecule has 0 saturated carbocycles. The summed E-state index contributed by atoms with van der Waals surface area (Å²) in [6.07, 6.45) is 1.52. The van der Waals surface area contributed by atoms with Gasteiger partial charge in [-0.25, -0.2) is 4.79 Å². The summed E-state index contributed by atoms with van der Waals surface area (Å²) in [5, 5.41) is 16.8. The number of ether oxygens (including phenoxy) is 1. The highest BCUT2D eigenvalue weighted by molar-refractivity contribution is 5.86. The van der Waals surface area contributed by atoms with Crippen molar-refractivity contribution in [3.8, 4) is 11.3 Å². The Balaban J connectivity index is 1.79. The van der Waals surface area contributed by atoms with Gasteiger partial charge in [0.1, 0.15) is 6.04 Å². The van der Waals surface area contributed by atoms with Crippen molar-refractivity contribution < 1.29 is 19.4 Å². The molecule has 40 heavy (non-hydrogen) atoms. The SMILES string of the molecule is COC(=O)N[C@H](C(=O)N[C@@H](Cc1ccc(-c2ccc(C)cn2)cc1)C[C@H](O)[C@@H](N)Cc1ccccc1)C(C)(C)C. The van der Waals surface area contributed by atoms with E-state index < -0.39 is 35.7 Å². The zero-order chi connectivity index (χ0) is 29.3. The van der Waals surface area contributed by atoms with E-state index >= 15 is 0 Å². The number of nitrogens with zero attached hydrogens (tertiary/aromatic N) is 1. The quantitative estimate of drug-likeness (QED) is 0.286. The van der Waals surface area contributed by atoms with Gasteiger partial charge in [0.25, 0.3) is 0 Å². The summed E-state index contributed by atoms with van der Waals surface area (Å²) in [6, 6.07) is 20.0. The van der Waals surface area contributed by atoms with Gasteiger partial charge in [0.2, 0.25) is 5.91 Å². The third kappa shape index (κ3) is 9.17. The summed E-state index contributed by atoms with van der Waals surface area (Å²) >= 11 is 0. The van der Waals surface area contributed by atoms with E-state index in [1.807, 2.05) is 101 Å². The van der Waals surface area contributed by atoms with E-state index in [0.717, 1.165) is 27.9 Å². The van der Waals surface area contributed by atoms with Crippen LogP contribution in [0.1, 0.15) is 43.9 Å². The van der Waals surface area contributed by atoms with Gasteiger partial charge >= 0.3 is 6.09 Å². The average molecular weight is 547 g/mol. The summed E-state index contributed by atoms with van der Waals surface area (Å²) in [6.45, 7) is 7.60. The maximum absolute atomic E-state index is 13.4. The van der Waals surface area contributed by atoms with Crippen LogP contribution in [0.4, 0.5) is 4.79 Å². The van der Waals surface area contributed by atoms with Gasteiger partial charge in [0.05, 0.1) is 18.9 Å². The second-order valence-corrected chi connectivity index (χ2v) is 11.4. The number of hydrogen-bond acceptors (Lipinski definition) is 6. The van der Waals surface area contributed by atoms with Crippen LogP contribution in [0, 0.1) is 12.3 Å². The molecule has 0 spiro atoms. The predicted octanol–water partition coefficient (Wildman–Crippen LogP) is 4.18. The number of aryl methyl sites for hydroxylation is 1. The van der Waals surface area contributed by atoms with Crippen molar-refractivity contribution >= 4 is 12.0 Å². The smallest absolute Gasteiger partial charge is 0.407 e. The number of hydrogen-bond donors (Lipinski definition) is 4. The first-order valence-electron chi connectivity index (χ1n) is 13.6. The fraction of sp³-hybridized carbons (Fsp3) is 0.406. The molecule has 0 aliphatic carbocycles. The highest BCUT2D eigenvalue weighted by atomic mass is 16.5. The Bertz CT molecular complexity index is 1220. The van der Waals surface area contributed by atoms with E-state index in [4.69, 9.17) is 10.5 Å². The van der Waals surface area contributed by atoms with Crippen LogP contribution < -0.4 is 16.4 Å². The van der Waals surface area contributed by atoms with E-state index in [1.165, 1.54) is 7.11 Å². The molecule has 2 amide bonds. The number of carbonyl (C=O) groups is 2. The Kier molecular flexibility index (Phi) is 10.8. The Labute approximate surface area is 237 Å². The zero-order valence-corrected chi connectivity index (χ0v) is 24.1. The van der Waals surface area contributed by atoms with Gasteiger partial charge in [0, 0.05) is 23.8 Å². The molecule has 4 atom stereocenters. The number of rotatable bonds is 11. The minimum Gasteiger partial charge on any atom is -0.453 e. The van der Waals surface area contributed by atoms with E-state index in [-0.39, 0.29) is 12.3 Å². The highest BCUT2D eigenvalue weighted by Gasteiger charge is 2.34. The fourth-order valence-corrected chi connectivity index (χ4v) is 4.55. The molecule has 0 aliphatic rings. The first-order chi connectivity index (χ1) is 19.0. The van der Waals surface area contributed by atoms with Crippen molar-refractivity contribution in [1.82, 2.24) is 15.6 Å². The van der Waals surface area contributed by atoms with Crippen LogP contribution in [0.15, 0.2) is 72.9 Å². The number of aromatic nitrogens is 1. The number of pyridine rings is 1. The molecule has 5 N–H and O–H groups in total. The number of benzene rings is 2. The van der Waals surface area contributed by atoms with Crippen LogP contribution in [0.5, 0.6) is 0 Å². The molecule has 0 fully saturated rings. The van der Waals surface area contributed by atoms with E-state index in [2.05, 4.69) is 15.6 Å². The lowest BCUT2D eigenvalue weighted by molar-refractivity contribution is -0.126. The lowest BCUT2D eigenvalue weighted by Gasteiger charge is -2.32. The molecule has 1 heterocycles. The zero-order valence-electron chi connectivity index (χ0n) is 24.1. The van der Waals surface area contributed by atoms with Crippen molar-refractivity contribution in [3.63, 3.8) is 0 Å². The van der Waals surface area contributed by atoms with Crippen molar-refractivity contribution in [2.24, 2.45) is 11.1 Å². The third-order valence-corrected chi connectivity index (χ3v) is 6.90. The predicted molar refractivity (Wildman–Crippen MR) is 158 cm³/mol. The summed E-state index contributed by atoms with van der Waals surface area (Å²) in [4.78, 5) is 29.9. The largest absolute Gasteiger partial charge is 0.453 e. The van der Waals surface area contributed by atoms with Crippen molar-refractivity contribution in [3.05, 3.63) is 89.6 Å². The van der Waals surface area contributed by atoms with E-state index in [1.54, 1.807) is 0 Å². The van der Waals surface area contributed by atoms with Crippen molar-refractivity contribution in [2.75, 3.05) is 7.11 Å². The molecule has 0 radical (unpaired) electrons. The number of aliphatic hydroxyl groups excluding tert-OH is 1. The van der Waals surface area contributed by atoms with E-state index in [9.17, 15) is 14.7 Å². The number of nitrogens with one attached hydrogen (secondary N) is 2. The van der Waals surface area contributed by atoms with Gasteiger partial charge in [-0.3, -0.25) is 9.78 Å². The molecule has 8 heteroatoms. The second kappa shape index (κ2) is 14.1. The van der Waals surface area contributed by atoms with Crippen LogP contribution in [0.2, 0.25) is 0 Å². The van der Waals surface area contributed by atoms with E-state index in [0.29, 0.717) is 12.8 Å². The molecule has 1 aromatic heterocycles. The van der Waals surface area contributed by atoms with Crippen molar-refractivity contribution in [1.29, 1.82) is 0 Å². The molecule has 2 aromatic carbocycles. The van der Waals surface area contributed by atoms with Gasteiger partial charge in [-0.15, -0.1) is 0 Å². The lowest BCUT2D eigenvalue weighted by Crippen LogP contribution is -2.56. The van der Waals surface area contributed by atoms with Crippen LogP contribution in [-0.4, -0.2) is 53.4 Å². The molecular weight excluding hydrogens is 504 g/mol. The van der Waals surface area contributed by atoms with Crippen LogP contribution in [-0.2, 0) is 22.4 Å². The number of amides is 2. The molecular formula is C32H42N4O4. The van der Waals surface area contributed by atoms with Gasteiger partial charge in [-0.05, 0) is 54.4 Å². The summed E-state index contributed by atoms with van der Waals surface area (Å²) in [7, 11) is 1.26. The second-order valence-electron chi connectivity index (χ2n) is 11.4. The normalized spacial score (nSPS) is 14.5. The Morgan fingerprint density at radius 3 is 2.17 bits per heavy atom. The van der Waals surface area contributed by atoms with Crippen molar-refractivity contribution in [2.45, 2.75) is 71.2 Å². The molecule has 214 valence electrons. The Hall–Kier alpha value is -3.75. The maximum atomic E-state index is 13.4. The Morgan fingerprint density at radius 2 is 1.60 bits per heavy atom. The fourth-order valence-electron chi connectivity index (χ4n) is 4.55. The minimum atomic E-state index is -0.858. The number of nitrogens with two attached hydrogens (primary N) is 1. The number of methoxy groups -OCH3 is 1. The summed E-state index contributed by atoms with van der Waals surface area (Å²) < 4.78 is 4.74. The number of aliphatic hydroxyl groups is 1. The third-order valence-electron chi connectivity index (χ3n) is 6.90. The topological polar surface area (TPSA) is 127 Å². The molecule has 0 aliphatic heterocycles. The van der Waals surface area contributed by atoms with Gasteiger partial charge in [0.15, 0.2) is 0 Å². The summed E-state index contributed by atoms with van der Waals surface area (Å²) in [5.41, 5.74) is 10.8. The monoisotopic (exact) mass is 546 g/mol. The first kappa shape index (κ1) is 30.8. The molecule has 0 bridgehead atoms. The number of carbonyl (C=O) groups excluding carboxylic acids is 2. The molecule has 0 unspecified atom stereocenters. The standard InChI is InChI=1S/C32H42N4O4/c1-21-11-16-27(34-20-21)24-14-12-23(13-15-24)17-25(19-28(37)26(33)18-22-9-7-6-8-10-22)35-30(38)29(32(2,3)4)36-31(39)40-5/h6-16,20,25-26,28-29,37H,17-19,33H2,1-5H3,(H,35,38)(H,36,39)/t25-,26-,28-,29+/m0/s1. The van der Waals surface area contributed by atoms with Gasteiger partial charge in [-0.2, -0.15) is 0 Å². The molecule has 3 rings (SSSR count). The molecule has 8 nitrogen and oxygen atoms in total. The molecule has 0 saturated heterocycles. The lowest BCUT2D eigenvalue weighted by atomic mass is 9.85. The van der Waals surface area contributed by atoms with Gasteiger partial charge < -0.3 is 26.2 Å². The minimum absolute atomic E-state index is 0.246. The van der Waals surface area contributed by atoms with Crippen LogP contribution in [0.3, 0.4) is 0 Å². The highest BCUT2D eigenvalue weighted by Crippen LogP contribution is 2.22.